The van der Waals surface area contributed by atoms with Gasteiger partial charge in [-0.15, -0.1) is 0 Å². The molecular weight excluding hydrogens is 645 g/mol. The molecule has 47 heavy (non-hydrogen) atoms. The van der Waals surface area contributed by atoms with E-state index < -0.39 is 51.6 Å². The maximum Gasteiger partial charge on any atom is 0.338 e. The number of hydrogen-bond donors (Lipinski definition) is 1. The van der Waals surface area contributed by atoms with Gasteiger partial charge in [0.1, 0.15) is 11.8 Å². The van der Waals surface area contributed by atoms with E-state index in [1.165, 1.54) is 41.0 Å². The van der Waals surface area contributed by atoms with Crippen molar-refractivity contribution in [3.63, 3.8) is 0 Å². The van der Waals surface area contributed by atoms with Gasteiger partial charge in [-0.1, -0.05) is 29.2 Å². The van der Waals surface area contributed by atoms with Gasteiger partial charge in [0.25, 0.3) is 0 Å². The average molecular weight is 673 g/mol. The summed E-state index contributed by atoms with van der Waals surface area (Å²) < 4.78 is 11.3. The topological polar surface area (TPSA) is 154 Å². The third-order valence-corrected chi connectivity index (χ3v) is 10.3. The lowest BCUT2D eigenvalue weighted by Gasteiger charge is -2.30. The Kier molecular flexibility index (Phi) is 9.05. The van der Waals surface area contributed by atoms with E-state index in [0.29, 0.717) is 32.4 Å². The van der Waals surface area contributed by atoms with Crippen LogP contribution in [0, 0.1) is 5.92 Å². The molecule has 1 N–H and O–H groups in total. The molecule has 4 aromatic rings. The number of pyridine rings is 1. The van der Waals surface area contributed by atoms with Crippen LogP contribution in [-0.4, -0.2) is 57.7 Å². The van der Waals surface area contributed by atoms with E-state index in [2.05, 4.69) is 10.3 Å². The Bertz CT molecular complexity index is 1920. The molecule has 2 aromatic carbocycles. The standard InChI is InChI=1S/C33H28N4O8S2/c1-3-44-31(41)18-7-11-21(12-8-18)35-23(38)17-36-30-27(47-33(36)43)24(20-6-5-15-34-16-20)25-26(46-30)29(40)37(28(25)39)22-13-9-19(10-14-22)32(42)45-4-2/h5-16,24-26H,3-4,17H2,1-2H3,(H,35,38)/t24-,25?,26?/m0/s1. The minimum Gasteiger partial charge on any atom is -0.462 e. The lowest BCUT2D eigenvalue weighted by atomic mass is 9.84. The summed E-state index contributed by atoms with van der Waals surface area (Å²) >= 11 is 2.02. The second-order valence-electron chi connectivity index (χ2n) is 10.6. The van der Waals surface area contributed by atoms with Crippen LogP contribution in [0.3, 0.4) is 0 Å². The lowest BCUT2D eigenvalue weighted by molar-refractivity contribution is -0.122. The quantitative estimate of drug-likeness (QED) is 0.203. The summed E-state index contributed by atoms with van der Waals surface area (Å²) in [5, 5.41) is 2.29. The molecular formula is C33H28N4O8S2. The molecule has 14 heteroatoms. The average Bonchev–Trinajstić information content (AvgIpc) is 3.51. The van der Waals surface area contributed by atoms with Gasteiger partial charge in [0, 0.05) is 28.9 Å². The number of ether oxygens (including phenoxy) is 2. The first-order valence-corrected chi connectivity index (χ1v) is 16.4. The summed E-state index contributed by atoms with van der Waals surface area (Å²) in [6.45, 7) is 3.51. The van der Waals surface area contributed by atoms with Crippen molar-refractivity contribution in [3.05, 3.63) is 104 Å². The molecule has 0 aliphatic carbocycles. The maximum atomic E-state index is 14.0. The van der Waals surface area contributed by atoms with Crippen LogP contribution in [0.4, 0.5) is 11.4 Å². The van der Waals surface area contributed by atoms with Crippen molar-refractivity contribution in [1.29, 1.82) is 0 Å². The Morgan fingerprint density at radius 3 is 2.11 bits per heavy atom. The highest BCUT2D eigenvalue weighted by atomic mass is 32.2. The van der Waals surface area contributed by atoms with Gasteiger partial charge in [0.15, 0.2) is 0 Å². The van der Waals surface area contributed by atoms with E-state index in [-0.39, 0.29) is 25.3 Å². The van der Waals surface area contributed by atoms with Crippen LogP contribution in [0.2, 0.25) is 0 Å². The number of fused-ring (bicyclic) bond motifs is 2. The minimum atomic E-state index is -0.885. The minimum absolute atomic E-state index is 0.209. The number of nitrogens with one attached hydrogen (secondary N) is 1. The van der Waals surface area contributed by atoms with Crippen molar-refractivity contribution in [3.8, 4) is 0 Å². The summed E-state index contributed by atoms with van der Waals surface area (Å²) in [5.41, 5.74) is 2.00. The number of esters is 2. The molecule has 3 amide bonds. The lowest BCUT2D eigenvalue weighted by Crippen LogP contribution is -2.33. The molecule has 6 rings (SSSR count). The van der Waals surface area contributed by atoms with Gasteiger partial charge in [-0.05, 0) is 74.0 Å². The molecule has 0 radical (unpaired) electrons. The van der Waals surface area contributed by atoms with Crippen LogP contribution in [0.5, 0.6) is 0 Å². The number of nitrogens with zero attached hydrogens (tertiary/aromatic N) is 3. The zero-order valence-corrected chi connectivity index (χ0v) is 26.8. The second kappa shape index (κ2) is 13.3. The SMILES string of the molecule is CCOC(=O)c1ccc(NC(=O)Cn2c3c(sc2=O)[C@@H](c2cccnc2)C2C(=O)N(c4ccc(C(=O)OCC)cc4)C(=O)C2S3)cc1. The number of aromatic nitrogens is 2. The van der Waals surface area contributed by atoms with Crippen molar-refractivity contribution in [2.45, 2.75) is 36.6 Å². The van der Waals surface area contributed by atoms with Gasteiger partial charge >= 0.3 is 16.8 Å². The van der Waals surface area contributed by atoms with E-state index in [9.17, 15) is 28.8 Å². The monoisotopic (exact) mass is 672 g/mol. The molecule has 2 aliphatic rings. The molecule has 2 aromatic heterocycles. The van der Waals surface area contributed by atoms with Crippen LogP contribution < -0.4 is 15.1 Å². The summed E-state index contributed by atoms with van der Waals surface area (Å²) in [6, 6.07) is 15.7. The van der Waals surface area contributed by atoms with Crippen molar-refractivity contribution in [2.75, 3.05) is 23.4 Å². The number of hydrogen-bond acceptors (Lipinski definition) is 11. The Labute approximate surface area is 276 Å². The van der Waals surface area contributed by atoms with Crippen LogP contribution >= 0.6 is 23.1 Å². The number of anilines is 2. The molecule has 1 saturated heterocycles. The van der Waals surface area contributed by atoms with Crippen molar-refractivity contribution in [1.82, 2.24) is 9.55 Å². The first kappa shape index (κ1) is 31.9. The molecule has 12 nitrogen and oxygen atoms in total. The fraction of sp³-hybridized carbons (Fsp3) is 0.242. The van der Waals surface area contributed by atoms with E-state index in [1.54, 1.807) is 50.5 Å². The molecule has 2 unspecified atom stereocenters. The zero-order chi connectivity index (χ0) is 33.2. The third kappa shape index (κ3) is 6.09. The number of rotatable bonds is 9. The molecule has 0 saturated carbocycles. The molecule has 0 bridgehead atoms. The molecule has 240 valence electrons. The predicted octanol–water partition coefficient (Wildman–Crippen LogP) is 4.09. The third-order valence-electron chi connectivity index (χ3n) is 7.71. The van der Waals surface area contributed by atoms with Crippen molar-refractivity contribution >= 4 is 64.1 Å². The predicted molar refractivity (Wildman–Crippen MR) is 174 cm³/mol. The molecule has 3 atom stereocenters. The van der Waals surface area contributed by atoms with E-state index in [0.717, 1.165) is 28.0 Å². The van der Waals surface area contributed by atoms with Gasteiger partial charge < -0.3 is 14.8 Å². The highest BCUT2D eigenvalue weighted by Gasteiger charge is 2.57. The highest BCUT2D eigenvalue weighted by molar-refractivity contribution is 8.00. The van der Waals surface area contributed by atoms with Gasteiger partial charge in [0.2, 0.25) is 17.7 Å². The Morgan fingerprint density at radius 2 is 1.51 bits per heavy atom. The number of thiazole rings is 1. The maximum absolute atomic E-state index is 14.0. The number of carbonyl (C=O) groups excluding carboxylic acids is 5. The molecule has 1 fully saturated rings. The van der Waals surface area contributed by atoms with Gasteiger partial charge in [0.05, 0.1) is 41.0 Å². The van der Waals surface area contributed by atoms with E-state index >= 15 is 0 Å². The highest BCUT2D eigenvalue weighted by Crippen LogP contribution is 2.53. The summed E-state index contributed by atoms with van der Waals surface area (Å²) in [5.74, 6) is -3.90. The van der Waals surface area contributed by atoms with E-state index in [4.69, 9.17) is 9.47 Å². The van der Waals surface area contributed by atoms with Gasteiger partial charge in [-0.25, -0.2) is 14.5 Å². The smallest absolute Gasteiger partial charge is 0.338 e. The second-order valence-corrected chi connectivity index (χ2v) is 12.7. The number of carbonyl (C=O) groups is 5. The zero-order valence-electron chi connectivity index (χ0n) is 25.2. The van der Waals surface area contributed by atoms with Crippen LogP contribution in [0.15, 0.2) is 82.9 Å². The summed E-state index contributed by atoms with van der Waals surface area (Å²) in [6.07, 6.45) is 3.20. The van der Waals surface area contributed by atoms with Crippen LogP contribution in [0.25, 0.3) is 0 Å². The molecule has 4 heterocycles. The Hall–Kier alpha value is -5.08. The van der Waals surface area contributed by atoms with Crippen molar-refractivity contribution in [2.24, 2.45) is 5.92 Å². The first-order valence-electron chi connectivity index (χ1n) is 14.7. The number of benzene rings is 2. The van der Waals surface area contributed by atoms with Crippen LogP contribution in [-0.2, 0) is 30.4 Å². The molecule has 0 spiro atoms. The number of imide groups is 1. The summed E-state index contributed by atoms with van der Waals surface area (Å²) in [4.78, 5) is 84.1. The fourth-order valence-electron chi connectivity index (χ4n) is 5.64. The largest absolute Gasteiger partial charge is 0.462 e. The Morgan fingerprint density at radius 1 is 0.872 bits per heavy atom. The number of amides is 3. The number of thioether (sulfide) groups is 1. The van der Waals surface area contributed by atoms with Crippen molar-refractivity contribution < 1.29 is 33.4 Å². The first-order chi connectivity index (χ1) is 22.7. The van der Waals surface area contributed by atoms with E-state index in [1.807, 2.05) is 0 Å². The molecule has 2 aliphatic heterocycles. The van der Waals surface area contributed by atoms with Gasteiger partial charge in [-0.2, -0.15) is 0 Å². The van der Waals surface area contributed by atoms with Gasteiger partial charge in [-0.3, -0.25) is 28.7 Å². The van der Waals surface area contributed by atoms with Crippen LogP contribution in [0.1, 0.15) is 50.9 Å². The summed E-state index contributed by atoms with van der Waals surface area (Å²) in [7, 11) is 0. The Balaban J connectivity index is 1.30. The normalized spacial score (nSPS) is 18.3. The fourth-order valence-corrected chi connectivity index (χ4v) is 8.41.